The van der Waals surface area contributed by atoms with Crippen LogP contribution in [0.5, 0.6) is 0 Å². The number of nitrogens with one attached hydrogen (secondary N) is 1. The Hall–Kier alpha value is -2.73. The van der Waals surface area contributed by atoms with Crippen molar-refractivity contribution >= 4 is 17.9 Å². The zero-order valence-corrected chi connectivity index (χ0v) is 18.0. The van der Waals surface area contributed by atoms with Crippen LogP contribution >= 0.6 is 0 Å². The van der Waals surface area contributed by atoms with Gasteiger partial charge in [0.15, 0.2) is 6.10 Å². The van der Waals surface area contributed by atoms with Crippen LogP contribution in [0.1, 0.15) is 39.2 Å². The molecule has 2 rings (SSSR count). The second kappa shape index (κ2) is 10.3. The molecule has 32 heavy (non-hydrogen) atoms. The average molecular weight is 467 g/mol. The van der Waals surface area contributed by atoms with E-state index in [1.807, 2.05) is 0 Å². The lowest BCUT2D eigenvalue weighted by Gasteiger charge is -2.35. The van der Waals surface area contributed by atoms with Gasteiger partial charge in [0.1, 0.15) is 0 Å². The third-order valence-corrected chi connectivity index (χ3v) is 4.54. The molecule has 2 amide bonds. The molecule has 1 aromatic heterocycles. The summed E-state index contributed by atoms with van der Waals surface area (Å²) in [5.41, 5.74) is -1.61. The van der Waals surface area contributed by atoms with Crippen LogP contribution in [0, 0.1) is 0 Å². The lowest BCUT2D eigenvalue weighted by atomic mass is 10.1. The van der Waals surface area contributed by atoms with E-state index in [1.165, 1.54) is 4.90 Å². The van der Waals surface area contributed by atoms with Gasteiger partial charge in [0, 0.05) is 50.5 Å². The van der Waals surface area contributed by atoms with Gasteiger partial charge in [-0.15, -0.1) is 0 Å². The fourth-order valence-corrected chi connectivity index (χ4v) is 2.92. The first-order valence-corrected chi connectivity index (χ1v) is 9.95. The minimum Gasteiger partial charge on any atom is -0.440 e. The highest BCUT2D eigenvalue weighted by atomic mass is 19.4. The van der Waals surface area contributed by atoms with Gasteiger partial charge >= 0.3 is 12.3 Å². The number of carbonyl (C=O) groups is 2. The monoisotopic (exact) mass is 467 g/mol. The van der Waals surface area contributed by atoms with Crippen LogP contribution < -0.4 is 10.2 Å². The number of piperazine rings is 1. The third kappa shape index (κ3) is 7.75. The van der Waals surface area contributed by atoms with Crippen molar-refractivity contribution in [3.8, 4) is 0 Å². The van der Waals surface area contributed by atoms with Crippen LogP contribution in [0.25, 0.3) is 0 Å². The van der Waals surface area contributed by atoms with Crippen molar-refractivity contribution in [3.63, 3.8) is 0 Å². The summed E-state index contributed by atoms with van der Waals surface area (Å²) in [5.74, 6) is -0.274. The van der Waals surface area contributed by atoms with Crippen molar-refractivity contribution in [3.05, 3.63) is 18.0 Å². The Morgan fingerprint density at radius 1 is 1.09 bits per heavy atom. The van der Waals surface area contributed by atoms with Gasteiger partial charge in [-0.25, -0.2) is 23.5 Å². The maximum atomic E-state index is 13.2. The van der Waals surface area contributed by atoms with Gasteiger partial charge in [0.05, 0.1) is 5.56 Å². The summed E-state index contributed by atoms with van der Waals surface area (Å²) in [4.78, 5) is 34.6. The average Bonchev–Trinajstić information content (AvgIpc) is 2.69. The fraction of sp³-hybridized carbons (Fsp3) is 0.684. The van der Waals surface area contributed by atoms with Crippen LogP contribution in [0.4, 0.5) is 32.7 Å². The third-order valence-electron chi connectivity index (χ3n) is 4.54. The van der Waals surface area contributed by atoms with Crippen molar-refractivity contribution in [1.82, 2.24) is 20.2 Å². The van der Waals surface area contributed by atoms with Gasteiger partial charge in [-0.05, 0) is 27.2 Å². The second-order valence-electron chi connectivity index (χ2n) is 8.33. The highest BCUT2D eigenvalue weighted by Gasteiger charge is 2.32. The largest absolute Gasteiger partial charge is 0.440 e. The molecule has 180 valence electrons. The van der Waals surface area contributed by atoms with Crippen LogP contribution in [-0.2, 0) is 15.7 Å². The number of halogens is 5. The van der Waals surface area contributed by atoms with Crippen molar-refractivity contribution in [2.24, 2.45) is 0 Å². The summed E-state index contributed by atoms with van der Waals surface area (Å²) in [7, 11) is 0. The molecule has 0 aliphatic carbocycles. The van der Waals surface area contributed by atoms with Gasteiger partial charge in [-0.2, -0.15) is 13.2 Å². The first-order valence-electron chi connectivity index (χ1n) is 9.95. The van der Waals surface area contributed by atoms with Gasteiger partial charge < -0.3 is 19.9 Å². The van der Waals surface area contributed by atoms with Crippen LogP contribution in [-0.4, -0.2) is 71.1 Å². The Kier molecular flexibility index (Phi) is 8.18. The molecule has 1 aliphatic rings. The molecule has 1 aliphatic heterocycles. The van der Waals surface area contributed by atoms with E-state index in [1.54, 1.807) is 25.7 Å². The standard InChI is InChI=1S/C19H26F5N5O3/c1-18(2,3)27-17(31)32-13(15(20)21)4-5-14(30)28-6-8-29(9-7-28)16-25-10-12(11-26-16)19(22,23)24/h10-11,13,15H,4-9H2,1-3H3,(H,27,31)/t13-/m1/s1. The van der Waals surface area contributed by atoms with E-state index in [0.717, 1.165) is 0 Å². The zero-order valence-electron chi connectivity index (χ0n) is 18.0. The second-order valence-corrected chi connectivity index (χ2v) is 8.33. The van der Waals surface area contributed by atoms with Crippen molar-refractivity contribution in [2.45, 2.75) is 57.9 Å². The number of anilines is 1. The Morgan fingerprint density at radius 2 is 1.66 bits per heavy atom. The van der Waals surface area contributed by atoms with Gasteiger partial charge in [-0.1, -0.05) is 0 Å². The molecule has 8 nitrogen and oxygen atoms in total. The van der Waals surface area contributed by atoms with E-state index in [4.69, 9.17) is 4.74 Å². The Balaban J connectivity index is 1.83. The highest BCUT2D eigenvalue weighted by Crippen LogP contribution is 2.28. The molecule has 0 radical (unpaired) electrons. The summed E-state index contributed by atoms with van der Waals surface area (Å²) in [6, 6.07) is 0. The predicted molar refractivity (Wildman–Crippen MR) is 104 cm³/mol. The van der Waals surface area contributed by atoms with Gasteiger partial charge in [0.2, 0.25) is 11.9 Å². The number of alkyl carbamates (subject to hydrolysis) is 1. The van der Waals surface area contributed by atoms with E-state index in [-0.39, 0.29) is 50.9 Å². The first-order chi connectivity index (χ1) is 14.8. The van der Waals surface area contributed by atoms with E-state index >= 15 is 0 Å². The molecule has 0 aromatic carbocycles. The molecule has 0 bridgehead atoms. The van der Waals surface area contributed by atoms with Crippen molar-refractivity contribution < 1.29 is 36.3 Å². The number of carbonyl (C=O) groups excluding carboxylic acids is 2. The molecule has 13 heteroatoms. The maximum Gasteiger partial charge on any atom is 0.419 e. The minimum atomic E-state index is -4.53. The normalized spacial score (nSPS) is 16.2. The number of hydrogen-bond donors (Lipinski definition) is 1. The van der Waals surface area contributed by atoms with Gasteiger partial charge in [0.25, 0.3) is 6.43 Å². The number of amides is 2. The van der Waals surface area contributed by atoms with E-state index in [2.05, 4.69) is 15.3 Å². The molecular formula is C19H26F5N5O3. The topological polar surface area (TPSA) is 87.7 Å². The summed E-state index contributed by atoms with van der Waals surface area (Å²) in [6.07, 6.45) is -9.37. The zero-order chi connectivity index (χ0) is 24.1. The molecule has 1 N–H and O–H groups in total. The Labute approximate surface area is 182 Å². The molecule has 2 heterocycles. The van der Waals surface area contributed by atoms with Crippen molar-refractivity contribution in [2.75, 3.05) is 31.1 Å². The number of alkyl halides is 5. The van der Waals surface area contributed by atoms with E-state index in [0.29, 0.717) is 12.4 Å². The molecule has 0 spiro atoms. The Bertz CT molecular complexity index is 775. The minimum absolute atomic E-state index is 0.112. The quantitative estimate of drug-likeness (QED) is 0.647. The highest BCUT2D eigenvalue weighted by molar-refractivity contribution is 5.76. The molecule has 1 aromatic rings. The van der Waals surface area contributed by atoms with E-state index < -0.39 is 35.9 Å². The number of hydrogen-bond acceptors (Lipinski definition) is 6. The molecule has 1 saturated heterocycles. The van der Waals surface area contributed by atoms with Crippen LogP contribution in [0.2, 0.25) is 0 Å². The fourth-order valence-electron chi connectivity index (χ4n) is 2.92. The summed E-state index contributed by atoms with van der Waals surface area (Å²) in [5, 5.41) is 2.42. The number of aromatic nitrogens is 2. The number of ether oxygens (including phenoxy) is 1. The smallest absolute Gasteiger partial charge is 0.419 e. The maximum absolute atomic E-state index is 13.2. The molecule has 1 atom stereocenters. The summed E-state index contributed by atoms with van der Waals surface area (Å²) in [6.45, 7) is 6.03. The number of nitrogens with zero attached hydrogens (tertiary/aromatic N) is 4. The van der Waals surface area contributed by atoms with Crippen molar-refractivity contribution in [1.29, 1.82) is 0 Å². The van der Waals surface area contributed by atoms with Crippen LogP contribution in [0.3, 0.4) is 0 Å². The summed E-state index contributed by atoms with van der Waals surface area (Å²) < 4.78 is 69.0. The summed E-state index contributed by atoms with van der Waals surface area (Å²) >= 11 is 0. The number of rotatable bonds is 6. The molecule has 1 fully saturated rings. The lowest BCUT2D eigenvalue weighted by molar-refractivity contribution is -0.138. The lowest BCUT2D eigenvalue weighted by Crippen LogP contribution is -2.49. The van der Waals surface area contributed by atoms with Crippen LogP contribution in [0.15, 0.2) is 12.4 Å². The van der Waals surface area contributed by atoms with Gasteiger partial charge in [-0.3, -0.25) is 4.79 Å². The molecule has 0 unspecified atom stereocenters. The Morgan fingerprint density at radius 3 is 2.12 bits per heavy atom. The predicted octanol–water partition coefficient (Wildman–Crippen LogP) is 3.08. The SMILES string of the molecule is CC(C)(C)NC(=O)O[C@H](CCC(=O)N1CCN(c2ncc(C(F)(F)F)cn2)CC1)C(F)F. The molecular weight excluding hydrogens is 441 g/mol. The molecule has 0 saturated carbocycles. The van der Waals surface area contributed by atoms with E-state index in [9.17, 15) is 31.5 Å². The first kappa shape index (κ1) is 25.5.